The Kier molecular flexibility index (Phi) is 5.20. The standard InChI is InChI=1S/C20H13F2N5O2S/c1-2-29-20(28)19-17(13-5-8-16-24-10-15(9-23)26(16)11-13)18(25-27(19)30-22)12-3-6-14(21)7-4-12/h3-8,10-11H,2H2,1H3. The first kappa shape index (κ1) is 19.6. The molecule has 150 valence electrons. The number of carbonyl (C=O) groups is 1. The summed E-state index contributed by atoms with van der Waals surface area (Å²) in [4.78, 5) is 16.8. The maximum atomic E-state index is 13.7. The third-order valence-corrected chi connectivity index (χ3v) is 4.81. The fourth-order valence-corrected chi connectivity index (χ4v) is 3.47. The van der Waals surface area contributed by atoms with Crippen LogP contribution in [0.1, 0.15) is 23.1 Å². The van der Waals surface area contributed by atoms with Crippen LogP contribution in [0.15, 0.2) is 48.8 Å². The number of pyridine rings is 1. The van der Waals surface area contributed by atoms with Crippen molar-refractivity contribution in [1.82, 2.24) is 18.6 Å². The third-order valence-electron chi connectivity index (χ3n) is 4.42. The van der Waals surface area contributed by atoms with E-state index >= 15 is 0 Å². The lowest BCUT2D eigenvalue weighted by molar-refractivity contribution is 0.0518. The lowest BCUT2D eigenvalue weighted by atomic mass is 10.00. The van der Waals surface area contributed by atoms with Crippen LogP contribution in [0, 0.1) is 17.1 Å². The molecule has 10 heteroatoms. The molecule has 0 fully saturated rings. The Morgan fingerprint density at radius 1 is 1.23 bits per heavy atom. The number of carbonyl (C=O) groups excluding carboxylic acids is 1. The quantitative estimate of drug-likeness (QED) is 0.440. The van der Waals surface area contributed by atoms with E-state index in [1.54, 1.807) is 29.7 Å². The van der Waals surface area contributed by atoms with Gasteiger partial charge in [0.2, 0.25) is 0 Å². The summed E-state index contributed by atoms with van der Waals surface area (Å²) in [6.07, 6.45) is 3.04. The van der Waals surface area contributed by atoms with E-state index in [-0.39, 0.29) is 30.3 Å². The number of halogens is 2. The Hall–Kier alpha value is -3.71. The number of hydrogen-bond acceptors (Lipinski definition) is 6. The summed E-state index contributed by atoms with van der Waals surface area (Å²) < 4.78 is 34.6. The van der Waals surface area contributed by atoms with Crippen molar-refractivity contribution in [2.45, 2.75) is 6.92 Å². The molecule has 0 amide bonds. The minimum Gasteiger partial charge on any atom is -0.461 e. The normalized spacial score (nSPS) is 10.9. The van der Waals surface area contributed by atoms with E-state index in [1.165, 1.54) is 30.5 Å². The Bertz CT molecular complexity index is 1290. The van der Waals surface area contributed by atoms with Crippen molar-refractivity contribution in [2.75, 3.05) is 6.61 Å². The van der Waals surface area contributed by atoms with Crippen molar-refractivity contribution in [3.63, 3.8) is 0 Å². The second-order valence-corrected chi connectivity index (χ2v) is 6.63. The van der Waals surface area contributed by atoms with Gasteiger partial charge >= 0.3 is 5.97 Å². The molecular weight excluding hydrogens is 412 g/mol. The number of aromatic nitrogens is 4. The smallest absolute Gasteiger partial charge is 0.358 e. The first-order valence-electron chi connectivity index (χ1n) is 8.80. The highest BCUT2D eigenvalue weighted by Crippen LogP contribution is 2.37. The lowest BCUT2D eigenvalue weighted by Crippen LogP contribution is -2.10. The summed E-state index contributed by atoms with van der Waals surface area (Å²) in [6, 6.07) is 10.9. The maximum absolute atomic E-state index is 13.7. The summed E-state index contributed by atoms with van der Waals surface area (Å²) in [6.45, 7) is 1.73. The molecule has 0 atom stereocenters. The van der Waals surface area contributed by atoms with E-state index in [2.05, 4.69) is 10.1 Å². The molecule has 7 nitrogen and oxygen atoms in total. The molecule has 30 heavy (non-hydrogen) atoms. The van der Waals surface area contributed by atoms with Gasteiger partial charge in [0.1, 0.15) is 28.9 Å². The van der Waals surface area contributed by atoms with E-state index in [1.807, 2.05) is 6.07 Å². The number of benzene rings is 1. The van der Waals surface area contributed by atoms with Crippen LogP contribution in [0.2, 0.25) is 0 Å². The van der Waals surface area contributed by atoms with Gasteiger partial charge in [0.15, 0.2) is 18.0 Å². The summed E-state index contributed by atoms with van der Waals surface area (Å²) >= 11 is -0.251. The number of hydrogen-bond donors (Lipinski definition) is 0. The van der Waals surface area contributed by atoms with Crippen molar-refractivity contribution < 1.29 is 17.8 Å². The van der Waals surface area contributed by atoms with E-state index in [0.717, 1.165) is 4.09 Å². The van der Waals surface area contributed by atoms with Gasteiger partial charge in [-0.15, -0.1) is 3.89 Å². The molecule has 3 heterocycles. The van der Waals surface area contributed by atoms with Crippen molar-refractivity contribution in [3.05, 3.63) is 66.0 Å². The molecule has 0 aliphatic carbocycles. The van der Waals surface area contributed by atoms with Gasteiger partial charge in [0.05, 0.1) is 12.8 Å². The third kappa shape index (κ3) is 3.29. The van der Waals surface area contributed by atoms with Crippen LogP contribution in [-0.2, 0) is 4.74 Å². The first-order chi connectivity index (χ1) is 14.6. The van der Waals surface area contributed by atoms with Crippen LogP contribution in [0.4, 0.5) is 8.28 Å². The van der Waals surface area contributed by atoms with Gasteiger partial charge in [0, 0.05) is 22.9 Å². The van der Waals surface area contributed by atoms with Crippen LogP contribution in [0.5, 0.6) is 0 Å². The molecule has 0 aliphatic heterocycles. The lowest BCUT2D eigenvalue weighted by Gasteiger charge is -2.08. The van der Waals surface area contributed by atoms with Gasteiger partial charge < -0.3 is 4.74 Å². The second-order valence-electron chi connectivity index (χ2n) is 6.14. The van der Waals surface area contributed by atoms with Crippen molar-refractivity contribution in [1.29, 1.82) is 5.26 Å². The molecule has 0 spiro atoms. The number of ether oxygens (including phenoxy) is 1. The topological polar surface area (TPSA) is 85.2 Å². The molecular formula is C20H13F2N5O2S. The zero-order chi connectivity index (χ0) is 21.3. The van der Waals surface area contributed by atoms with Crippen LogP contribution in [0.25, 0.3) is 28.0 Å². The van der Waals surface area contributed by atoms with Crippen LogP contribution in [-0.4, -0.2) is 31.1 Å². The maximum Gasteiger partial charge on any atom is 0.358 e. The Morgan fingerprint density at radius 3 is 2.63 bits per heavy atom. The van der Waals surface area contributed by atoms with Crippen molar-refractivity contribution in [2.24, 2.45) is 0 Å². The molecule has 0 bridgehead atoms. The van der Waals surface area contributed by atoms with E-state index < -0.39 is 11.8 Å². The monoisotopic (exact) mass is 425 g/mol. The zero-order valence-corrected chi connectivity index (χ0v) is 16.4. The number of nitriles is 1. The molecule has 0 aliphatic rings. The predicted octanol–water partition coefficient (Wildman–Crippen LogP) is 4.43. The highest BCUT2D eigenvalue weighted by Gasteiger charge is 2.28. The summed E-state index contributed by atoms with van der Waals surface area (Å²) in [7, 11) is 0. The first-order valence-corrected chi connectivity index (χ1v) is 9.47. The summed E-state index contributed by atoms with van der Waals surface area (Å²) in [5, 5.41) is 13.5. The van der Waals surface area contributed by atoms with Gasteiger partial charge in [-0.2, -0.15) is 14.4 Å². The average Bonchev–Trinajstić information content (AvgIpc) is 3.35. The molecule has 1 aromatic carbocycles. The van der Waals surface area contributed by atoms with Gasteiger partial charge in [-0.3, -0.25) is 4.40 Å². The molecule has 0 radical (unpaired) electrons. The molecule has 4 aromatic rings. The van der Waals surface area contributed by atoms with Gasteiger partial charge in [-0.1, -0.05) is 0 Å². The molecule has 0 saturated carbocycles. The van der Waals surface area contributed by atoms with Gasteiger partial charge in [0.25, 0.3) is 0 Å². The molecule has 4 rings (SSSR count). The van der Waals surface area contributed by atoms with Gasteiger partial charge in [-0.25, -0.2) is 14.2 Å². The molecule has 0 saturated heterocycles. The molecule has 0 N–H and O–H groups in total. The van der Waals surface area contributed by atoms with E-state index in [0.29, 0.717) is 28.0 Å². The Balaban J connectivity index is 2.02. The number of nitrogens with zero attached hydrogens (tertiary/aromatic N) is 5. The van der Waals surface area contributed by atoms with Crippen LogP contribution in [0.3, 0.4) is 0 Å². The number of imidazole rings is 1. The predicted molar refractivity (Wildman–Crippen MR) is 107 cm³/mol. The molecule has 3 aromatic heterocycles. The fraction of sp³-hybridized carbons (Fsp3) is 0.100. The van der Waals surface area contributed by atoms with Crippen LogP contribution < -0.4 is 0 Å². The number of esters is 1. The number of rotatable bonds is 5. The van der Waals surface area contributed by atoms with E-state index in [9.17, 15) is 18.3 Å². The van der Waals surface area contributed by atoms with Gasteiger partial charge in [-0.05, 0) is 43.3 Å². The Labute approximate surface area is 174 Å². The van der Waals surface area contributed by atoms with Crippen molar-refractivity contribution in [3.8, 4) is 28.5 Å². The Morgan fingerprint density at radius 2 is 1.97 bits per heavy atom. The largest absolute Gasteiger partial charge is 0.461 e. The molecule has 0 unspecified atom stereocenters. The van der Waals surface area contributed by atoms with Crippen LogP contribution >= 0.6 is 12.3 Å². The summed E-state index contributed by atoms with van der Waals surface area (Å²) in [5.41, 5.74) is 2.24. The second kappa shape index (κ2) is 7.96. The van der Waals surface area contributed by atoms with E-state index in [4.69, 9.17) is 4.74 Å². The fourth-order valence-electron chi connectivity index (χ4n) is 3.12. The van der Waals surface area contributed by atoms with Crippen molar-refractivity contribution >= 4 is 24.0 Å². The average molecular weight is 425 g/mol. The SMILES string of the molecule is CCOC(=O)c1c(-c2ccc3ncc(C#N)n3c2)c(-c2ccc(F)cc2)nn1SF. The number of fused-ring (bicyclic) bond motifs is 1. The minimum atomic E-state index is -0.759. The highest BCUT2D eigenvalue weighted by atomic mass is 32.2. The zero-order valence-electron chi connectivity index (χ0n) is 15.5. The minimum absolute atomic E-state index is 0.0887. The summed E-state index contributed by atoms with van der Waals surface area (Å²) in [5.74, 6) is -1.20. The highest BCUT2D eigenvalue weighted by molar-refractivity contribution is 7.92.